The van der Waals surface area contributed by atoms with Crippen LogP contribution in [0.15, 0.2) is 29.0 Å². The fourth-order valence-electron chi connectivity index (χ4n) is 2.45. The van der Waals surface area contributed by atoms with Gasteiger partial charge in [-0.05, 0) is 24.5 Å². The molecule has 0 bridgehead atoms. The molecule has 6 nitrogen and oxygen atoms in total. The average Bonchev–Trinajstić information content (AvgIpc) is 3.14. The standard InChI is InChI=1S/C18H25ClN4O2/c1-3-5-7-13(4-2)10-20-17(24)16-15(19)12-22-18(23-16)21-11-14-8-6-9-25-14/h6,8-9,12-13H,3-5,7,10-11H2,1-2H3,(H,20,24)(H,21,22,23)/t13-/m0/s1. The fourth-order valence-corrected chi connectivity index (χ4v) is 2.63. The largest absolute Gasteiger partial charge is 0.467 e. The number of aromatic nitrogens is 2. The summed E-state index contributed by atoms with van der Waals surface area (Å²) < 4.78 is 5.24. The van der Waals surface area contributed by atoms with Gasteiger partial charge >= 0.3 is 0 Å². The number of anilines is 1. The molecule has 2 aromatic rings. The molecular weight excluding hydrogens is 340 g/mol. The number of halogens is 1. The van der Waals surface area contributed by atoms with E-state index in [1.807, 2.05) is 6.07 Å². The molecule has 2 heterocycles. The summed E-state index contributed by atoms with van der Waals surface area (Å²) >= 11 is 6.09. The minimum Gasteiger partial charge on any atom is -0.467 e. The Bertz CT molecular complexity index is 661. The van der Waals surface area contributed by atoms with Crippen LogP contribution < -0.4 is 10.6 Å². The van der Waals surface area contributed by atoms with Gasteiger partial charge in [-0.3, -0.25) is 4.79 Å². The van der Waals surface area contributed by atoms with Crippen LogP contribution in [0.4, 0.5) is 5.95 Å². The Hall–Kier alpha value is -2.08. The molecule has 0 aliphatic carbocycles. The Kier molecular flexibility index (Phi) is 7.73. The van der Waals surface area contributed by atoms with E-state index in [0.717, 1.165) is 25.0 Å². The van der Waals surface area contributed by atoms with Crippen molar-refractivity contribution in [2.24, 2.45) is 5.92 Å². The molecule has 0 aliphatic heterocycles. The number of hydrogen-bond donors (Lipinski definition) is 2. The fraction of sp³-hybridized carbons (Fsp3) is 0.500. The first-order chi connectivity index (χ1) is 12.1. The van der Waals surface area contributed by atoms with Gasteiger partial charge in [0.1, 0.15) is 5.76 Å². The second kappa shape index (κ2) is 10.0. The van der Waals surface area contributed by atoms with Crippen LogP contribution in [0.25, 0.3) is 0 Å². The van der Waals surface area contributed by atoms with Crippen LogP contribution in [-0.2, 0) is 6.54 Å². The van der Waals surface area contributed by atoms with Gasteiger partial charge in [-0.25, -0.2) is 9.97 Å². The van der Waals surface area contributed by atoms with Crippen LogP contribution in [-0.4, -0.2) is 22.4 Å². The van der Waals surface area contributed by atoms with Crippen LogP contribution in [0.5, 0.6) is 0 Å². The predicted octanol–water partition coefficient (Wildman–Crippen LogP) is 4.28. The summed E-state index contributed by atoms with van der Waals surface area (Å²) in [7, 11) is 0. The first-order valence-corrected chi connectivity index (χ1v) is 9.08. The molecule has 136 valence electrons. The van der Waals surface area contributed by atoms with Crippen LogP contribution in [0, 0.1) is 5.92 Å². The Morgan fingerprint density at radius 2 is 2.24 bits per heavy atom. The quantitative estimate of drug-likeness (QED) is 0.657. The maximum absolute atomic E-state index is 12.4. The van der Waals surface area contributed by atoms with E-state index < -0.39 is 0 Å². The lowest BCUT2D eigenvalue weighted by Gasteiger charge is -2.15. The average molecular weight is 365 g/mol. The lowest BCUT2D eigenvalue weighted by atomic mass is 9.99. The highest BCUT2D eigenvalue weighted by molar-refractivity contribution is 6.33. The molecule has 0 spiro atoms. The van der Waals surface area contributed by atoms with E-state index in [0.29, 0.717) is 25.0 Å². The summed E-state index contributed by atoms with van der Waals surface area (Å²) in [6.07, 6.45) is 7.51. The second-order valence-corrected chi connectivity index (χ2v) is 6.36. The van der Waals surface area contributed by atoms with Crippen molar-refractivity contribution < 1.29 is 9.21 Å². The SMILES string of the molecule is CCCC[C@H](CC)CNC(=O)c1nc(NCc2ccco2)ncc1Cl. The first-order valence-electron chi connectivity index (χ1n) is 8.71. The zero-order chi connectivity index (χ0) is 18.1. The lowest BCUT2D eigenvalue weighted by Crippen LogP contribution is -2.30. The molecule has 0 aromatic carbocycles. The number of amides is 1. The Balaban J connectivity index is 1.94. The molecule has 1 amide bonds. The first kappa shape index (κ1) is 19.2. The van der Waals surface area contributed by atoms with Gasteiger partial charge in [0.05, 0.1) is 24.0 Å². The summed E-state index contributed by atoms with van der Waals surface area (Å²) in [6, 6.07) is 3.65. The van der Waals surface area contributed by atoms with Crippen LogP contribution in [0.3, 0.4) is 0 Å². The molecule has 2 rings (SSSR count). The van der Waals surface area contributed by atoms with Crippen molar-refractivity contribution in [2.75, 3.05) is 11.9 Å². The molecule has 2 N–H and O–H groups in total. The van der Waals surface area contributed by atoms with E-state index in [-0.39, 0.29) is 16.6 Å². The summed E-state index contributed by atoms with van der Waals surface area (Å²) in [6.45, 7) is 5.37. The number of hydrogen-bond acceptors (Lipinski definition) is 5. The highest BCUT2D eigenvalue weighted by Gasteiger charge is 2.16. The van der Waals surface area contributed by atoms with Gasteiger partial charge in [0, 0.05) is 6.54 Å². The number of carbonyl (C=O) groups is 1. The van der Waals surface area contributed by atoms with E-state index in [1.54, 1.807) is 12.3 Å². The summed E-state index contributed by atoms with van der Waals surface area (Å²) in [5.74, 6) is 1.29. The molecular formula is C18H25ClN4O2. The van der Waals surface area contributed by atoms with Crippen molar-refractivity contribution in [3.63, 3.8) is 0 Å². The number of unbranched alkanes of at least 4 members (excludes halogenated alkanes) is 1. The van der Waals surface area contributed by atoms with Crippen molar-refractivity contribution in [3.05, 3.63) is 41.1 Å². The minimum absolute atomic E-state index is 0.184. The maximum atomic E-state index is 12.4. The predicted molar refractivity (Wildman–Crippen MR) is 98.7 cm³/mol. The minimum atomic E-state index is -0.275. The number of rotatable bonds is 10. The molecule has 0 radical (unpaired) electrons. The molecule has 0 fully saturated rings. The number of carbonyl (C=O) groups excluding carboxylic acids is 1. The third kappa shape index (κ3) is 6.05. The summed E-state index contributed by atoms with van der Waals surface area (Å²) in [4.78, 5) is 20.7. The van der Waals surface area contributed by atoms with Gasteiger partial charge in [-0.1, -0.05) is 44.7 Å². The second-order valence-electron chi connectivity index (χ2n) is 5.95. The molecule has 7 heteroatoms. The monoisotopic (exact) mass is 364 g/mol. The van der Waals surface area contributed by atoms with Crippen LogP contribution >= 0.6 is 11.6 Å². The molecule has 1 atom stereocenters. The zero-order valence-corrected chi connectivity index (χ0v) is 15.5. The van der Waals surface area contributed by atoms with Crippen LogP contribution in [0.1, 0.15) is 55.8 Å². The van der Waals surface area contributed by atoms with Gasteiger partial charge in [0.2, 0.25) is 5.95 Å². The van der Waals surface area contributed by atoms with Gasteiger partial charge in [0.15, 0.2) is 5.69 Å². The molecule has 25 heavy (non-hydrogen) atoms. The van der Waals surface area contributed by atoms with Crippen molar-refractivity contribution in [1.29, 1.82) is 0 Å². The summed E-state index contributed by atoms with van der Waals surface area (Å²) in [5.41, 5.74) is 0.184. The van der Waals surface area contributed by atoms with E-state index in [1.165, 1.54) is 12.6 Å². The van der Waals surface area contributed by atoms with E-state index in [4.69, 9.17) is 16.0 Å². The van der Waals surface area contributed by atoms with Gasteiger partial charge in [0.25, 0.3) is 5.91 Å². The Morgan fingerprint density at radius 3 is 2.92 bits per heavy atom. The number of nitrogens with zero attached hydrogens (tertiary/aromatic N) is 2. The lowest BCUT2D eigenvalue weighted by molar-refractivity contribution is 0.0941. The third-order valence-electron chi connectivity index (χ3n) is 4.05. The van der Waals surface area contributed by atoms with Gasteiger partial charge in [-0.15, -0.1) is 0 Å². The molecule has 0 unspecified atom stereocenters. The number of furan rings is 1. The van der Waals surface area contributed by atoms with Gasteiger partial charge < -0.3 is 15.1 Å². The molecule has 0 saturated heterocycles. The highest BCUT2D eigenvalue weighted by atomic mass is 35.5. The Morgan fingerprint density at radius 1 is 1.40 bits per heavy atom. The van der Waals surface area contributed by atoms with E-state index in [2.05, 4.69) is 34.4 Å². The smallest absolute Gasteiger partial charge is 0.271 e. The van der Waals surface area contributed by atoms with Crippen molar-refractivity contribution in [1.82, 2.24) is 15.3 Å². The van der Waals surface area contributed by atoms with Crippen molar-refractivity contribution in [3.8, 4) is 0 Å². The van der Waals surface area contributed by atoms with E-state index in [9.17, 15) is 4.79 Å². The van der Waals surface area contributed by atoms with E-state index >= 15 is 0 Å². The van der Waals surface area contributed by atoms with Crippen molar-refractivity contribution in [2.45, 2.75) is 46.1 Å². The number of nitrogens with one attached hydrogen (secondary N) is 2. The third-order valence-corrected chi connectivity index (χ3v) is 4.33. The normalized spacial score (nSPS) is 12.0. The van der Waals surface area contributed by atoms with Crippen LogP contribution in [0.2, 0.25) is 5.02 Å². The maximum Gasteiger partial charge on any atom is 0.271 e. The van der Waals surface area contributed by atoms with Crippen molar-refractivity contribution >= 4 is 23.5 Å². The topological polar surface area (TPSA) is 80.0 Å². The highest BCUT2D eigenvalue weighted by Crippen LogP contribution is 2.16. The Labute approximate surface area is 153 Å². The molecule has 2 aromatic heterocycles. The zero-order valence-electron chi connectivity index (χ0n) is 14.7. The molecule has 0 saturated carbocycles. The van der Waals surface area contributed by atoms with Gasteiger partial charge in [-0.2, -0.15) is 0 Å². The molecule has 0 aliphatic rings. The summed E-state index contributed by atoms with van der Waals surface area (Å²) in [5, 5.41) is 6.19.